The smallest absolute Gasteiger partial charge is 0.0254 e. The average molecular weight is 151 g/mol. The van der Waals surface area contributed by atoms with Gasteiger partial charge < -0.3 is 4.90 Å². The summed E-state index contributed by atoms with van der Waals surface area (Å²) in [6, 6.07) is 0. The lowest BCUT2D eigenvalue weighted by Gasteiger charge is -2.07. The predicted molar refractivity (Wildman–Crippen MR) is 49.1 cm³/mol. The predicted octanol–water partition coefficient (Wildman–Crippen LogP) is 2.77. The van der Waals surface area contributed by atoms with Crippen LogP contribution in [0.5, 0.6) is 0 Å². The highest BCUT2D eigenvalue weighted by atomic mass is 15.1. The van der Waals surface area contributed by atoms with Crippen molar-refractivity contribution < 1.29 is 0 Å². The van der Waals surface area contributed by atoms with Crippen LogP contribution in [0.1, 0.15) is 26.7 Å². The van der Waals surface area contributed by atoms with Gasteiger partial charge in [0.1, 0.15) is 0 Å². The molecule has 0 spiro atoms. The molecule has 1 aliphatic rings. The zero-order valence-corrected chi connectivity index (χ0v) is 7.46. The highest BCUT2D eigenvalue weighted by molar-refractivity contribution is 4.98. The molecule has 0 aromatic rings. The van der Waals surface area contributed by atoms with Crippen molar-refractivity contribution in [2.45, 2.75) is 26.7 Å². The third kappa shape index (κ3) is 3.26. The van der Waals surface area contributed by atoms with Crippen molar-refractivity contribution in [3.63, 3.8) is 0 Å². The summed E-state index contributed by atoms with van der Waals surface area (Å²) in [5.41, 5.74) is 0. The molecule has 1 aliphatic heterocycles. The Morgan fingerprint density at radius 2 is 2.36 bits per heavy atom. The molecule has 0 aromatic carbocycles. The lowest BCUT2D eigenvalue weighted by Crippen LogP contribution is -2.04. The molecule has 0 atom stereocenters. The van der Waals surface area contributed by atoms with Crippen LogP contribution in [0.25, 0.3) is 0 Å². The first-order valence-corrected chi connectivity index (χ1v) is 4.38. The van der Waals surface area contributed by atoms with E-state index in [0.717, 1.165) is 12.5 Å². The third-order valence-corrected chi connectivity index (χ3v) is 1.76. The molecule has 1 rings (SSSR count). The van der Waals surface area contributed by atoms with Crippen LogP contribution >= 0.6 is 0 Å². The maximum Gasteiger partial charge on any atom is 0.0254 e. The highest BCUT2D eigenvalue weighted by Gasteiger charge is 1.98. The molecule has 11 heavy (non-hydrogen) atoms. The Bertz CT molecular complexity index is 156. The van der Waals surface area contributed by atoms with Crippen LogP contribution < -0.4 is 0 Å². The second-order valence-corrected chi connectivity index (χ2v) is 3.43. The van der Waals surface area contributed by atoms with Gasteiger partial charge in [0.05, 0.1) is 0 Å². The zero-order valence-electron chi connectivity index (χ0n) is 7.46. The fourth-order valence-electron chi connectivity index (χ4n) is 1.10. The van der Waals surface area contributed by atoms with Crippen molar-refractivity contribution in [2.75, 3.05) is 6.54 Å². The minimum Gasteiger partial charge on any atom is -0.355 e. The molecule has 0 bridgehead atoms. The van der Waals surface area contributed by atoms with Crippen molar-refractivity contribution >= 4 is 0 Å². The Labute approximate surface area is 69.4 Å². The van der Waals surface area contributed by atoms with E-state index in [1.165, 1.54) is 12.8 Å². The Kier molecular flexibility index (Phi) is 3.21. The fraction of sp³-hybridized carbons (Fsp3) is 0.600. The summed E-state index contributed by atoms with van der Waals surface area (Å²) < 4.78 is 0. The molecule has 0 aromatic heterocycles. The van der Waals surface area contributed by atoms with Crippen LogP contribution in [0.4, 0.5) is 0 Å². The van der Waals surface area contributed by atoms with Crippen molar-refractivity contribution in [1.29, 1.82) is 0 Å². The summed E-state index contributed by atoms with van der Waals surface area (Å²) in [5, 5.41) is 0. The topological polar surface area (TPSA) is 3.24 Å². The monoisotopic (exact) mass is 151 g/mol. The molecule has 0 saturated heterocycles. The van der Waals surface area contributed by atoms with Gasteiger partial charge in [0, 0.05) is 6.54 Å². The summed E-state index contributed by atoms with van der Waals surface area (Å²) >= 11 is 0. The Morgan fingerprint density at radius 3 is 2.91 bits per heavy atom. The van der Waals surface area contributed by atoms with Gasteiger partial charge in [-0.25, -0.2) is 0 Å². The SMILES string of the molecule is CC(C)CC=CN1C=CCC1. The van der Waals surface area contributed by atoms with E-state index >= 15 is 0 Å². The van der Waals surface area contributed by atoms with Gasteiger partial charge in [-0.1, -0.05) is 26.0 Å². The fourth-order valence-corrected chi connectivity index (χ4v) is 1.10. The average Bonchev–Trinajstić information content (AvgIpc) is 2.39. The molecule has 0 unspecified atom stereocenters. The Morgan fingerprint density at radius 1 is 1.55 bits per heavy atom. The molecule has 1 nitrogen and oxygen atoms in total. The molecule has 0 saturated carbocycles. The summed E-state index contributed by atoms with van der Waals surface area (Å²) in [6.45, 7) is 5.64. The van der Waals surface area contributed by atoms with Crippen molar-refractivity contribution in [3.05, 3.63) is 24.6 Å². The van der Waals surface area contributed by atoms with E-state index in [2.05, 4.69) is 43.3 Å². The number of rotatable bonds is 3. The van der Waals surface area contributed by atoms with E-state index in [4.69, 9.17) is 0 Å². The van der Waals surface area contributed by atoms with Crippen LogP contribution in [-0.2, 0) is 0 Å². The van der Waals surface area contributed by atoms with E-state index in [1.807, 2.05) is 0 Å². The summed E-state index contributed by atoms with van der Waals surface area (Å²) in [5.74, 6) is 0.776. The van der Waals surface area contributed by atoms with Gasteiger partial charge in [0.25, 0.3) is 0 Å². The largest absolute Gasteiger partial charge is 0.355 e. The van der Waals surface area contributed by atoms with Gasteiger partial charge in [0.15, 0.2) is 0 Å². The molecule has 0 amide bonds. The van der Waals surface area contributed by atoms with Crippen molar-refractivity contribution in [3.8, 4) is 0 Å². The molecule has 0 N–H and O–H groups in total. The molecule has 1 heterocycles. The minimum absolute atomic E-state index is 0.776. The standard InChI is InChI=1S/C10H17N/c1-10(2)6-5-9-11-7-3-4-8-11/h3,5,7,9-10H,4,6,8H2,1-2H3. The third-order valence-electron chi connectivity index (χ3n) is 1.76. The van der Waals surface area contributed by atoms with E-state index in [1.54, 1.807) is 0 Å². The molecule has 1 heteroatoms. The molecular weight excluding hydrogens is 134 g/mol. The van der Waals surface area contributed by atoms with Gasteiger partial charge in [0.2, 0.25) is 0 Å². The van der Waals surface area contributed by atoms with Gasteiger partial charge in [-0.3, -0.25) is 0 Å². The van der Waals surface area contributed by atoms with Gasteiger partial charge in [-0.15, -0.1) is 0 Å². The quantitative estimate of drug-likeness (QED) is 0.599. The second-order valence-electron chi connectivity index (χ2n) is 3.43. The van der Waals surface area contributed by atoms with Gasteiger partial charge >= 0.3 is 0 Å². The first-order valence-electron chi connectivity index (χ1n) is 4.38. The maximum absolute atomic E-state index is 2.25. The summed E-state index contributed by atoms with van der Waals surface area (Å²) in [6.07, 6.45) is 11.2. The Hall–Kier alpha value is -0.720. The van der Waals surface area contributed by atoms with Crippen LogP contribution in [-0.4, -0.2) is 11.4 Å². The lowest BCUT2D eigenvalue weighted by atomic mass is 10.1. The molecule has 0 aliphatic carbocycles. The molecule has 0 fully saturated rings. The summed E-state index contributed by atoms with van der Waals surface area (Å²) in [4.78, 5) is 2.24. The summed E-state index contributed by atoms with van der Waals surface area (Å²) in [7, 11) is 0. The van der Waals surface area contributed by atoms with Crippen LogP contribution in [0, 0.1) is 5.92 Å². The van der Waals surface area contributed by atoms with Gasteiger partial charge in [-0.2, -0.15) is 0 Å². The highest BCUT2D eigenvalue weighted by Crippen LogP contribution is 2.06. The van der Waals surface area contributed by atoms with Crippen LogP contribution in [0.3, 0.4) is 0 Å². The number of hydrogen-bond donors (Lipinski definition) is 0. The molecular formula is C10H17N. The van der Waals surface area contributed by atoms with Gasteiger partial charge in [-0.05, 0) is 31.2 Å². The van der Waals surface area contributed by atoms with Crippen molar-refractivity contribution in [2.24, 2.45) is 5.92 Å². The van der Waals surface area contributed by atoms with E-state index in [9.17, 15) is 0 Å². The van der Waals surface area contributed by atoms with E-state index < -0.39 is 0 Å². The normalized spacial score (nSPS) is 17.5. The number of nitrogens with zero attached hydrogens (tertiary/aromatic N) is 1. The number of allylic oxidation sites excluding steroid dienone is 1. The molecule has 0 radical (unpaired) electrons. The zero-order chi connectivity index (χ0) is 8.10. The number of hydrogen-bond acceptors (Lipinski definition) is 1. The maximum atomic E-state index is 2.25. The first-order chi connectivity index (χ1) is 5.29. The van der Waals surface area contributed by atoms with Crippen molar-refractivity contribution in [1.82, 2.24) is 4.90 Å². The first kappa shape index (κ1) is 8.38. The molecule has 62 valence electrons. The van der Waals surface area contributed by atoms with Crippen LogP contribution in [0.2, 0.25) is 0 Å². The Balaban J connectivity index is 2.18. The lowest BCUT2D eigenvalue weighted by molar-refractivity contribution is 0.542. The van der Waals surface area contributed by atoms with E-state index in [-0.39, 0.29) is 0 Å². The van der Waals surface area contributed by atoms with Crippen LogP contribution in [0.15, 0.2) is 24.6 Å². The minimum atomic E-state index is 0.776. The van der Waals surface area contributed by atoms with E-state index in [0.29, 0.717) is 0 Å². The second kappa shape index (κ2) is 4.22.